The molecular weight excluding hydrogens is 178 g/mol. The van der Waals surface area contributed by atoms with Crippen molar-refractivity contribution in [1.29, 1.82) is 0 Å². The lowest BCUT2D eigenvalue weighted by Gasteiger charge is -2.43. The zero-order valence-electron chi connectivity index (χ0n) is 9.27. The van der Waals surface area contributed by atoms with Crippen LogP contribution in [-0.4, -0.2) is 38.5 Å². The van der Waals surface area contributed by atoms with E-state index in [0.717, 1.165) is 45.8 Å². The Morgan fingerprint density at radius 2 is 1.71 bits per heavy atom. The summed E-state index contributed by atoms with van der Waals surface area (Å²) in [4.78, 5) is 0. The molecule has 0 aliphatic carbocycles. The van der Waals surface area contributed by atoms with E-state index in [1.165, 1.54) is 0 Å². The van der Waals surface area contributed by atoms with E-state index in [9.17, 15) is 0 Å². The van der Waals surface area contributed by atoms with Crippen molar-refractivity contribution in [3.8, 4) is 0 Å². The first-order valence-electron chi connectivity index (χ1n) is 5.53. The Hall–Kier alpha value is -0.120. The van der Waals surface area contributed by atoms with Crippen LogP contribution in [0.3, 0.4) is 0 Å². The second-order valence-electron chi connectivity index (χ2n) is 5.33. The predicted octanol–water partition coefficient (Wildman–Crippen LogP) is 1.18. The molecule has 2 saturated heterocycles. The summed E-state index contributed by atoms with van der Waals surface area (Å²) in [6, 6.07) is 0. The van der Waals surface area contributed by atoms with Crippen LogP contribution in [0, 0.1) is 5.41 Å². The van der Waals surface area contributed by atoms with Gasteiger partial charge in [-0.05, 0) is 19.8 Å². The van der Waals surface area contributed by atoms with Crippen LogP contribution < -0.4 is 5.32 Å². The van der Waals surface area contributed by atoms with E-state index in [2.05, 4.69) is 19.2 Å². The second-order valence-corrected chi connectivity index (χ2v) is 5.33. The topological polar surface area (TPSA) is 30.5 Å². The number of ether oxygens (including phenoxy) is 2. The van der Waals surface area contributed by atoms with Crippen LogP contribution in [0.1, 0.15) is 26.7 Å². The third-order valence-electron chi connectivity index (χ3n) is 3.44. The fourth-order valence-electron chi connectivity index (χ4n) is 1.98. The molecule has 0 amide bonds. The van der Waals surface area contributed by atoms with Gasteiger partial charge in [-0.1, -0.05) is 6.92 Å². The van der Waals surface area contributed by atoms with Gasteiger partial charge in [0.05, 0.1) is 13.2 Å². The Balaban J connectivity index is 1.77. The molecule has 0 spiro atoms. The van der Waals surface area contributed by atoms with E-state index in [-0.39, 0.29) is 5.54 Å². The molecule has 2 fully saturated rings. The molecular formula is C11H21NO2. The molecule has 2 rings (SSSR count). The van der Waals surface area contributed by atoms with Gasteiger partial charge in [0.2, 0.25) is 0 Å². The van der Waals surface area contributed by atoms with Crippen LogP contribution >= 0.6 is 0 Å². The summed E-state index contributed by atoms with van der Waals surface area (Å²) in [6.45, 7) is 9.28. The SMILES string of the molecule is CC1(CNC2(C)CCOCC2)COC1. The highest BCUT2D eigenvalue weighted by Crippen LogP contribution is 2.28. The molecule has 2 heterocycles. The van der Waals surface area contributed by atoms with E-state index in [1.54, 1.807) is 0 Å². The lowest BCUT2D eigenvalue weighted by molar-refractivity contribution is -0.104. The fourth-order valence-corrected chi connectivity index (χ4v) is 1.98. The Labute approximate surface area is 86.2 Å². The molecule has 3 heteroatoms. The molecule has 2 aliphatic heterocycles. The molecule has 0 aromatic heterocycles. The van der Waals surface area contributed by atoms with Crippen LogP contribution in [-0.2, 0) is 9.47 Å². The van der Waals surface area contributed by atoms with Crippen molar-refractivity contribution in [2.24, 2.45) is 5.41 Å². The average Bonchev–Trinajstić information content (AvgIpc) is 2.13. The lowest BCUT2D eigenvalue weighted by atomic mass is 9.85. The first-order valence-corrected chi connectivity index (χ1v) is 5.53. The Kier molecular flexibility index (Phi) is 2.82. The maximum absolute atomic E-state index is 5.37. The van der Waals surface area contributed by atoms with E-state index in [4.69, 9.17) is 9.47 Å². The summed E-state index contributed by atoms with van der Waals surface area (Å²) in [5.74, 6) is 0. The third kappa shape index (κ3) is 2.27. The van der Waals surface area contributed by atoms with Crippen LogP contribution in [0.4, 0.5) is 0 Å². The standard InChI is InChI=1S/C11H21NO2/c1-10(8-14-9-10)7-12-11(2)3-5-13-6-4-11/h12H,3-9H2,1-2H3. The van der Waals surface area contributed by atoms with Gasteiger partial charge >= 0.3 is 0 Å². The lowest BCUT2D eigenvalue weighted by Crippen LogP contribution is -2.55. The molecule has 3 nitrogen and oxygen atoms in total. The molecule has 1 N–H and O–H groups in total. The highest BCUT2D eigenvalue weighted by atomic mass is 16.5. The molecule has 0 atom stereocenters. The summed E-state index contributed by atoms with van der Waals surface area (Å²) in [7, 11) is 0. The van der Waals surface area contributed by atoms with Crippen LogP contribution in [0.5, 0.6) is 0 Å². The number of rotatable bonds is 3. The van der Waals surface area contributed by atoms with Gasteiger partial charge in [-0.3, -0.25) is 0 Å². The molecule has 14 heavy (non-hydrogen) atoms. The largest absolute Gasteiger partial charge is 0.381 e. The van der Waals surface area contributed by atoms with Gasteiger partial charge in [0.15, 0.2) is 0 Å². The second kappa shape index (κ2) is 3.80. The van der Waals surface area contributed by atoms with Crippen molar-refractivity contribution in [3.63, 3.8) is 0 Å². The maximum atomic E-state index is 5.37. The maximum Gasteiger partial charge on any atom is 0.0554 e. The minimum absolute atomic E-state index is 0.289. The van der Waals surface area contributed by atoms with Crippen LogP contribution in [0.15, 0.2) is 0 Å². The molecule has 0 unspecified atom stereocenters. The van der Waals surface area contributed by atoms with Crippen molar-refractivity contribution < 1.29 is 9.47 Å². The van der Waals surface area contributed by atoms with Crippen molar-refractivity contribution in [2.45, 2.75) is 32.2 Å². The molecule has 0 aromatic carbocycles. The summed E-state index contributed by atoms with van der Waals surface area (Å²) in [5, 5.41) is 3.68. The quantitative estimate of drug-likeness (QED) is 0.740. The molecule has 0 aromatic rings. The fraction of sp³-hybridized carbons (Fsp3) is 1.00. The first kappa shape index (κ1) is 10.4. The summed E-state index contributed by atoms with van der Waals surface area (Å²) >= 11 is 0. The summed E-state index contributed by atoms with van der Waals surface area (Å²) in [6.07, 6.45) is 2.26. The van der Waals surface area contributed by atoms with Gasteiger partial charge in [0.1, 0.15) is 0 Å². The Morgan fingerprint density at radius 1 is 1.07 bits per heavy atom. The molecule has 0 saturated carbocycles. The van der Waals surface area contributed by atoms with Crippen LogP contribution in [0.2, 0.25) is 0 Å². The van der Waals surface area contributed by atoms with Gasteiger partial charge in [-0.25, -0.2) is 0 Å². The summed E-state index contributed by atoms with van der Waals surface area (Å²) in [5.41, 5.74) is 0.665. The number of hydrogen-bond acceptors (Lipinski definition) is 3. The van der Waals surface area contributed by atoms with Gasteiger partial charge < -0.3 is 14.8 Å². The zero-order chi connectivity index (χ0) is 10.1. The molecule has 0 bridgehead atoms. The van der Waals surface area contributed by atoms with Gasteiger partial charge in [0, 0.05) is 30.7 Å². The zero-order valence-corrected chi connectivity index (χ0v) is 9.27. The summed E-state index contributed by atoms with van der Waals surface area (Å²) < 4.78 is 10.6. The first-order chi connectivity index (χ1) is 6.62. The van der Waals surface area contributed by atoms with Crippen molar-refractivity contribution in [2.75, 3.05) is 33.0 Å². The average molecular weight is 199 g/mol. The third-order valence-corrected chi connectivity index (χ3v) is 3.44. The normalized spacial score (nSPS) is 29.6. The Bertz CT molecular complexity index is 195. The monoisotopic (exact) mass is 199 g/mol. The number of hydrogen-bond donors (Lipinski definition) is 1. The van der Waals surface area contributed by atoms with Crippen molar-refractivity contribution >= 4 is 0 Å². The van der Waals surface area contributed by atoms with Gasteiger partial charge in [-0.2, -0.15) is 0 Å². The Morgan fingerprint density at radius 3 is 2.21 bits per heavy atom. The van der Waals surface area contributed by atoms with Crippen LogP contribution in [0.25, 0.3) is 0 Å². The highest BCUT2D eigenvalue weighted by molar-refractivity contribution is 4.90. The van der Waals surface area contributed by atoms with E-state index in [1.807, 2.05) is 0 Å². The predicted molar refractivity (Wildman–Crippen MR) is 55.4 cm³/mol. The highest BCUT2D eigenvalue weighted by Gasteiger charge is 2.36. The molecule has 2 aliphatic rings. The number of nitrogens with one attached hydrogen (secondary N) is 1. The molecule has 0 radical (unpaired) electrons. The van der Waals surface area contributed by atoms with Crippen molar-refractivity contribution in [3.05, 3.63) is 0 Å². The minimum Gasteiger partial charge on any atom is -0.381 e. The molecule has 82 valence electrons. The van der Waals surface area contributed by atoms with E-state index < -0.39 is 0 Å². The smallest absolute Gasteiger partial charge is 0.0554 e. The van der Waals surface area contributed by atoms with E-state index in [0.29, 0.717) is 5.41 Å². The van der Waals surface area contributed by atoms with Gasteiger partial charge in [0.25, 0.3) is 0 Å². The van der Waals surface area contributed by atoms with Crippen molar-refractivity contribution in [1.82, 2.24) is 5.32 Å². The minimum atomic E-state index is 0.289. The van der Waals surface area contributed by atoms with Gasteiger partial charge in [-0.15, -0.1) is 0 Å². The van der Waals surface area contributed by atoms with E-state index >= 15 is 0 Å².